The van der Waals surface area contributed by atoms with E-state index < -0.39 is 0 Å². The lowest BCUT2D eigenvalue weighted by Crippen LogP contribution is -2.14. The van der Waals surface area contributed by atoms with Gasteiger partial charge in [-0.05, 0) is 30.7 Å². The van der Waals surface area contributed by atoms with Crippen molar-refractivity contribution in [3.05, 3.63) is 88.7 Å². The van der Waals surface area contributed by atoms with Crippen molar-refractivity contribution in [2.75, 3.05) is 0 Å². The van der Waals surface area contributed by atoms with Gasteiger partial charge in [0.05, 0.1) is 11.4 Å². The van der Waals surface area contributed by atoms with E-state index >= 15 is 0 Å². The summed E-state index contributed by atoms with van der Waals surface area (Å²) in [4.78, 5) is 21.2. The standard InChI is InChI=1S/C19H16N4OS/c1-14-6-2-3-7-16(14)22-11-9-20-19(22)25-13-15-12-18(24)23-10-5-4-8-17(23)21-15/h2-12H,13H2,1H3. The number of nitrogens with zero attached hydrogens (tertiary/aromatic N) is 4. The quantitative estimate of drug-likeness (QED) is 0.530. The molecule has 0 aliphatic heterocycles. The number of rotatable bonds is 4. The molecule has 1 aromatic carbocycles. The molecule has 0 aliphatic carbocycles. The van der Waals surface area contributed by atoms with Gasteiger partial charge in [0.25, 0.3) is 5.56 Å². The number of thioether (sulfide) groups is 1. The number of hydrogen-bond donors (Lipinski definition) is 0. The summed E-state index contributed by atoms with van der Waals surface area (Å²) in [6.07, 6.45) is 5.47. The van der Waals surface area contributed by atoms with Crippen molar-refractivity contribution in [1.29, 1.82) is 0 Å². The van der Waals surface area contributed by atoms with Gasteiger partial charge < -0.3 is 0 Å². The third-order valence-corrected chi connectivity index (χ3v) is 4.96. The molecular formula is C19H16N4OS. The Kier molecular flexibility index (Phi) is 4.11. The number of imidazole rings is 1. The highest BCUT2D eigenvalue weighted by Crippen LogP contribution is 2.24. The maximum absolute atomic E-state index is 12.2. The Balaban J connectivity index is 1.62. The SMILES string of the molecule is Cc1ccccc1-n1ccnc1SCc1cc(=O)n2ccccc2n1. The predicted octanol–water partition coefficient (Wildman–Crippen LogP) is 3.48. The van der Waals surface area contributed by atoms with Gasteiger partial charge in [-0.25, -0.2) is 9.97 Å². The van der Waals surface area contributed by atoms with E-state index in [1.165, 1.54) is 5.56 Å². The first kappa shape index (κ1) is 15.7. The molecule has 0 radical (unpaired) electrons. The first-order valence-electron chi connectivity index (χ1n) is 7.92. The summed E-state index contributed by atoms with van der Waals surface area (Å²) in [6, 6.07) is 15.3. The van der Waals surface area contributed by atoms with Gasteiger partial charge in [0, 0.05) is 30.4 Å². The lowest BCUT2D eigenvalue weighted by atomic mass is 10.2. The van der Waals surface area contributed by atoms with E-state index in [0.29, 0.717) is 11.4 Å². The first-order valence-corrected chi connectivity index (χ1v) is 8.90. The molecule has 6 heteroatoms. The van der Waals surface area contributed by atoms with Crippen molar-refractivity contribution in [3.63, 3.8) is 0 Å². The van der Waals surface area contributed by atoms with Gasteiger partial charge in [-0.3, -0.25) is 13.8 Å². The fraction of sp³-hybridized carbons (Fsp3) is 0.105. The van der Waals surface area contributed by atoms with Crippen molar-refractivity contribution >= 4 is 17.4 Å². The number of fused-ring (bicyclic) bond motifs is 1. The Bertz CT molecular complexity index is 1100. The van der Waals surface area contributed by atoms with Gasteiger partial charge in [0.1, 0.15) is 5.65 Å². The molecule has 0 fully saturated rings. The number of aromatic nitrogens is 4. The highest BCUT2D eigenvalue weighted by Gasteiger charge is 2.09. The maximum atomic E-state index is 12.2. The highest BCUT2D eigenvalue weighted by molar-refractivity contribution is 7.98. The van der Waals surface area contributed by atoms with E-state index in [9.17, 15) is 4.79 Å². The molecule has 5 nitrogen and oxygen atoms in total. The summed E-state index contributed by atoms with van der Waals surface area (Å²) >= 11 is 1.57. The van der Waals surface area contributed by atoms with Gasteiger partial charge >= 0.3 is 0 Å². The molecule has 0 atom stereocenters. The van der Waals surface area contributed by atoms with E-state index in [-0.39, 0.29) is 5.56 Å². The summed E-state index contributed by atoms with van der Waals surface area (Å²) in [5.41, 5.74) is 3.63. The molecule has 0 aliphatic rings. The number of para-hydroxylation sites is 1. The Morgan fingerprint density at radius 1 is 1.08 bits per heavy atom. The van der Waals surface area contributed by atoms with Crippen LogP contribution in [0.4, 0.5) is 0 Å². The van der Waals surface area contributed by atoms with Crippen molar-refractivity contribution in [2.24, 2.45) is 0 Å². The van der Waals surface area contributed by atoms with Gasteiger partial charge in [0.15, 0.2) is 5.16 Å². The van der Waals surface area contributed by atoms with E-state index in [0.717, 1.165) is 16.5 Å². The molecule has 25 heavy (non-hydrogen) atoms. The average Bonchev–Trinajstić information content (AvgIpc) is 3.09. The van der Waals surface area contributed by atoms with Crippen LogP contribution in [0.2, 0.25) is 0 Å². The normalized spacial score (nSPS) is 11.1. The van der Waals surface area contributed by atoms with Gasteiger partial charge in [0.2, 0.25) is 0 Å². The molecule has 0 unspecified atom stereocenters. The zero-order valence-corrected chi connectivity index (χ0v) is 14.5. The summed E-state index contributed by atoms with van der Waals surface area (Å²) in [7, 11) is 0. The average molecular weight is 348 g/mol. The van der Waals surface area contributed by atoms with Crippen LogP contribution in [-0.2, 0) is 5.75 Å². The van der Waals surface area contributed by atoms with Crippen molar-refractivity contribution < 1.29 is 0 Å². The van der Waals surface area contributed by atoms with Crippen LogP contribution < -0.4 is 5.56 Å². The minimum absolute atomic E-state index is 0.0663. The number of pyridine rings is 1. The van der Waals surface area contributed by atoms with Crippen molar-refractivity contribution in [2.45, 2.75) is 17.8 Å². The summed E-state index contributed by atoms with van der Waals surface area (Å²) in [5.74, 6) is 0.587. The summed E-state index contributed by atoms with van der Waals surface area (Å²) in [6.45, 7) is 2.08. The van der Waals surface area contributed by atoms with E-state index in [1.54, 1.807) is 34.6 Å². The maximum Gasteiger partial charge on any atom is 0.258 e. The molecule has 3 aromatic heterocycles. The monoisotopic (exact) mass is 348 g/mol. The third kappa shape index (κ3) is 3.08. The first-order chi connectivity index (χ1) is 12.2. The van der Waals surface area contributed by atoms with Crippen LogP contribution >= 0.6 is 11.8 Å². The minimum Gasteiger partial charge on any atom is -0.295 e. The van der Waals surface area contributed by atoms with Crippen LogP contribution in [0.3, 0.4) is 0 Å². The number of benzene rings is 1. The Labute approximate surface area is 149 Å². The molecule has 0 saturated heterocycles. The van der Waals surface area contributed by atoms with Gasteiger partial charge in [-0.15, -0.1) is 0 Å². The van der Waals surface area contributed by atoms with Crippen LogP contribution in [0.15, 0.2) is 77.1 Å². The molecule has 0 bridgehead atoms. The van der Waals surface area contributed by atoms with Crippen LogP contribution in [0.25, 0.3) is 11.3 Å². The molecule has 0 spiro atoms. The van der Waals surface area contributed by atoms with E-state index in [4.69, 9.17) is 0 Å². The van der Waals surface area contributed by atoms with Gasteiger partial charge in [-0.2, -0.15) is 0 Å². The predicted molar refractivity (Wildman–Crippen MR) is 99.3 cm³/mol. The fourth-order valence-corrected chi connectivity index (χ4v) is 3.59. The van der Waals surface area contributed by atoms with Crippen LogP contribution in [0.1, 0.15) is 11.3 Å². The topological polar surface area (TPSA) is 52.2 Å². The highest BCUT2D eigenvalue weighted by atomic mass is 32.2. The molecule has 4 aromatic rings. The molecule has 0 N–H and O–H groups in total. The van der Waals surface area contributed by atoms with Crippen LogP contribution in [0, 0.1) is 6.92 Å². The van der Waals surface area contributed by atoms with Crippen molar-refractivity contribution in [1.82, 2.24) is 18.9 Å². The van der Waals surface area contributed by atoms with Gasteiger partial charge in [-0.1, -0.05) is 36.0 Å². The Hall–Kier alpha value is -2.86. The van der Waals surface area contributed by atoms with Crippen LogP contribution in [0.5, 0.6) is 0 Å². The zero-order valence-electron chi connectivity index (χ0n) is 13.7. The minimum atomic E-state index is -0.0663. The molecular weight excluding hydrogens is 332 g/mol. The van der Waals surface area contributed by atoms with E-state index in [2.05, 4.69) is 33.6 Å². The lowest BCUT2D eigenvalue weighted by molar-refractivity contribution is 0.886. The smallest absolute Gasteiger partial charge is 0.258 e. The van der Waals surface area contributed by atoms with E-state index in [1.807, 2.05) is 36.5 Å². The Morgan fingerprint density at radius 2 is 1.92 bits per heavy atom. The second kappa shape index (κ2) is 6.57. The fourth-order valence-electron chi connectivity index (χ4n) is 2.73. The van der Waals surface area contributed by atoms with Crippen LogP contribution in [-0.4, -0.2) is 18.9 Å². The summed E-state index contributed by atoms with van der Waals surface area (Å²) < 4.78 is 3.61. The molecule has 0 amide bonds. The second-order valence-electron chi connectivity index (χ2n) is 5.67. The summed E-state index contributed by atoms with van der Waals surface area (Å²) in [5, 5.41) is 0.879. The molecule has 3 heterocycles. The third-order valence-electron chi connectivity index (χ3n) is 3.95. The largest absolute Gasteiger partial charge is 0.295 e. The van der Waals surface area contributed by atoms with Crippen molar-refractivity contribution in [3.8, 4) is 5.69 Å². The molecule has 124 valence electrons. The Morgan fingerprint density at radius 3 is 2.80 bits per heavy atom. The molecule has 0 saturated carbocycles. The number of aryl methyl sites for hydroxylation is 1. The second-order valence-corrected chi connectivity index (χ2v) is 6.61. The zero-order chi connectivity index (χ0) is 17.2. The molecule has 4 rings (SSSR count). The number of hydrogen-bond acceptors (Lipinski definition) is 4. The lowest BCUT2D eigenvalue weighted by Gasteiger charge is -2.10.